The summed E-state index contributed by atoms with van der Waals surface area (Å²) in [5.41, 5.74) is 9.17. The molecule has 0 saturated carbocycles. The number of anilines is 2. The van der Waals surface area contributed by atoms with Gasteiger partial charge in [-0.1, -0.05) is 49.7 Å². The van der Waals surface area contributed by atoms with Gasteiger partial charge in [0.2, 0.25) is 0 Å². The van der Waals surface area contributed by atoms with Crippen molar-refractivity contribution in [3.8, 4) is 11.1 Å². The van der Waals surface area contributed by atoms with Gasteiger partial charge in [0, 0.05) is 0 Å². The number of ether oxygens (including phenoxy) is 1. The van der Waals surface area contributed by atoms with E-state index in [0.29, 0.717) is 18.0 Å². The van der Waals surface area contributed by atoms with Crippen molar-refractivity contribution >= 4 is 17.5 Å². The van der Waals surface area contributed by atoms with Crippen LogP contribution < -0.4 is 11.1 Å². The maximum absolute atomic E-state index is 11.6. The molecule has 0 saturated heterocycles. The lowest BCUT2D eigenvalue weighted by Gasteiger charge is -2.10. The number of amides is 1. The summed E-state index contributed by atoms with van der Waals surface area (Å²) in [4.78, 5) is 11.6. The molecule has 0 bridgehead atoms. The van der Waals surface area contributed by atoms with Gasteiger partial charge in [0.15, 0.2) is 0 Å². The van der Waals surface area contributed by atoms with Gasteiger partial charge in [0.1, 0.15) is 0 Å². The van der Waals surface area contributed by atoms with Crippen LogP contribution in [-0.4, -0.2) is 12.7 Å². The lowest BCUT2D eigenvalue weighted by molar-refractivity contribution is 0.160. The normalized spacial score (nSPS) is 10.1. The topological polar surface area (TPSA) is 64.3 Å². The second-order valence-electron chi connectivity index (χ2n) is 4.78. The first kappa shape index (κ1) is 14.9. The Morgan fingerprint density at radius 3 is 2.57 bits per heavy atom. The third-order valence-corrected chi connectivity index (χ3v) is 3.13. The summed E-state index contributed by atoms with van der Waals surface area (Å²) >= 11 is 0. The van der Waals surface area contributed by atoms with Crippen LogP contribution in [0.15, 0.2) is 48.5 Å². The fourth-order valence-electron chi connectivity index (χ4n) is 1.94. The van der Waals surface area contributed by atoms with E-state index in [0.717, 1.165) is 24.0 Å². The van der Waals surface area contributed by atoms with Gasteiger partial charge in [-0.25, -0.2) is 4.79 Å². The molecule has 0 unspecified atom stereocenters. The van der Waals surface area contributed by atoms with Crippen molar-refractivity contribution in [2.45, 2.75) is 19.8 Å². The second-order valence-corrected chi connectivity index (χ2v) is 4.78. The molecule has 0 radical (unpaired) electrons. The van der Waals surface area contributed by atoms with Gasteiger partial charge >= 0.3 is 6.09 Å². The molecule has 3 N–H and O–H groups in total. The molecule has 2 aromatic carbocycles. The van der Waals surface area contributed by atoms with Gasteiger partial charge in [-0.05, 0) is 29.7 Å². The van der Waals surface area contributed by atoms with Crippen molar-refractivity contribution < 1.29 is 9.53 Å². The Morgan fingerprint density at radius 1 is 1.14 bits per heavy atom. The highest BCUT2D eigenvalue weighted by Crippen LogP contribution is 2.26. The quantitative estimate of drug-likeness (QED) is 0.636. The number of nitrogens with two attached hydrogens (primary N) is 1. The van der Waals surface area contributed by atoms with Crippen molar-refractivity contribution in [2.24, 2.45) is 0 Å². The minimum absolute atomic E-state index is 0.421. The number of benzene rings is 2. The van der Waals surface area contributed by atoms with Crippen LogP contribution in [0.2, 0.25) is 0 Å². The maximum Gasteiger partial charge on any atom is 0.411 e. The first-order valence-corrected chi connectivity index (χ1v) is 7.09. The van der Waals surface area contributed by atoms with Gasteiger partial charge in [0.05, 0.1) is 18.0 Å². The van der Waals surface area contributed by atoms with Gasteiger partial charge in [-0.2, -0.15) is 0 Å². The van der Waals surface area contributed by atoms with Crippen LogP contribution in [0.1, 0.15) is 19.8 Å². The van der Waals surface area contributed by atoms with Crippen LogP contribution in [-0.2, 0) is 4.74 Å². The Bertz CT molecular complexity index is 597. The summed E-state index contributed by atoms with van der Waals surface area (Å²) in [6.07, 6.45) is 1.37. The first-order chi connectivity index (χ1) is 10.2. The zero-order valence-electron chi connectivity index (χ0n) is 12.1. The van der Waals surface area contributed by atoms with Crippen molar-refractivity contribution in [1.82, 2.24) is 0 Å². The number of hydrogen-bond donors (Lipinski definition) is 2. The van der Waals surface area contributed by atoms with E-state index < -0.39 is 6.09 Å². The highest BCUT2D eigenvalue weighted by molar-refractivity contribution is 5.90. The molecule has 21 heavy (non-hydrogen) atoms. The SMILES string of the molecule is CCCCOC(=O)Nc1ccc(-c2ccccc2)cc1N. The number of nitrogen functional groups attached to an aromatic ring is 1. The molecule has 0 heterocycles. The molecule has 0 aliphatic rings. The molecule has 2 rings (SSSR count). The van der Waals surface area contributed by atoms with Crippen LogP contribution in [0.4, 0.5) is 16.2 Å². The predicted octanol–water partition coefficient (Wildman–Crippen LogP) is 4.28. The van der Waals surface area contributed by atoms with Crippen LogP contribution in [0, 0.1) is 0 Å². The minimum atomic E-state index is -0.470. The fourth-order valence-corrected chi connectivity index (χ4v) is 1.94. The summed E-state index contributed by atoms with van der Waals surface area (Å²) in [6.45, 7) is 2.46. The third-order valence-electron chi connectivity index (χ3n) is 3.13. The number of carbonyl (C=O) groups is 1. The van der Waals surface area contributed by atoms with Gasteiger partial charge < -0.3 is 10.5 Å². The number of hydrogen-bond acceptors (Lipinski definition) is 3. The molecule has 110 valence electrons. The van der Waals surface area contributed by atoms with Crippen molar-refractivity contribution in [2.75, 3.05) is 17.7 Å². The molecule has 0 aromatic heterocycles. The second kappa shape index (κ2) is 7.33. The Morgan fingerprint density at radius 2 is 1.90 bits per heavy atom. The van der Waals surface area contributed by atoms with Crippen LogP contribution >= 0.6 is 0 Å². The summed E-state index contributed by atoms with van der Waals surface area (Å²) in [7, 11) is 0. The number of rotatable bonds is 5. The van der Waals surface area contributed by atoms with Crippen molar-refractivity contribution in [3.05, 3.63) is 48.5 Å². The Balaban J connectivity index is 2.04. The zero-order valence-corrected chi connectivity index (χ0v) is 12.1. The summed E-state index contributed by atoms with van der Waals surface area (Å²) < 4.78 is 5.05. The van der Waals surface area contributed by atoms with Gasteiger partial charge in [-0.3, -0.25) is 5.32 Å². The molecule has 0 aliphatic carbocycles. The Labute approximate surface area is 124 Å². The van der Waals surface area contributed by atoms with Crippen LogP contribution in [0.5, 0.6) is 0 Å². The molecule has 2 aromatic rings. The predicted molar refractivity (Wildman–Crippen MR) is 86.2 cm³/mol. The molecule has 4 heteroatoms. The largest absolute Gasteiger partial charge is 0.449 e. The molecular formula is C17H20N2O2. The first-order valence-electron chi connectivity index (χ1n) is 7.09. The van der Waals surface area contributed by atoms with Gasteiger partial charge in [-0.15, -0.1) is 0 Å². The minimum Gasteiger partial charge on any atom is -0.449 e. The molecule has 4 nitrogen and oxygen atoms in total. The standard InChI is InChI=1S/C17H20N2O2/c1-2-3-11-21-17(20)19-16-10-9-14(12-15(16)18)13-7-5-4-6-8-13/h4-10,12H,2-3,11,18H2,1H3,(H,19,20). The van der Waals surface area contributed by atoms with E-state index in [1.54, 1.807) is 6.07 Å². The average Bonchev–Trinajstić information content (AvgIpc) is 2.50. The molecular weight excluding hydrogens is 264 g/mol. The molecule has 0 atom stereocenters. The smallest absolute Gasteiger partial charge is 0.411 e. The Hall–Kier alpha value is -2.49. The Kier molecular flexibility index (Phi) is 5.21. The van der Waals surface area contributed by atoms with E-state index in [9.17, 15) is 4.79 Å². The fraction of sp³-hybridized carbons (Fsp3) is 0.235. The third kappa shape index (κ3) is 4.24. The highest BCUT2D eigenvalue weighted by Gasteiger charge is 2.07. The molecule has 0 aliphatic heterocycles. The number of nitrogens with one attached hydrogen (secondary N) is 1. The highest BCUT2D eigenvalue weighted by atomic mass is 16.5. The van der Waals surface area contributed by atoms with E-state index in [1.807, 2.05) is 49.4 Å². The lowest BCUT2D eigenvalue weighted by Crippen LogP contribution is -2.15. The monoisotopic (exact) mass is 284 g/mol. The number of carbonyl (C=O) groups excluding carboxylic acids is 1. The summed E-state index contributed by atoms with van der Waals surface area (Å²) in [5.74, 6) is 0. The maximum atomic E-state index is 11.6. The summed E-state index contributed by atoms with van der Waals surface area (Å²) in [6, 6.07) is 15.5. The number of unbranched alkanes of at least 4 members (excludes halogenated alkanes) is 1. The molecule has 0 fully saturated rings. The van der Waals surface area contributed by atoms with E-state index in [2.05, 4.69) is 5.32 Å². The van der Waals surface area contributed by atoms with Crippen molar-refractivity contribution in [3.63, 3.8) is 0 Å². The van der Waals surface area contributed by atoms with E-state index in [-0.39, 0.29) is 0 Å². The molecule has 0 spiro atoms. The van der Waals surface area contributed by atoms with E-state index >= 15 is 0 Å². The molecule has 1 amide bonds. The van der Waals surface area contributed by atoms with Crippen LogP contribution in [0.3, 0.4) is 0 Å². The van der Waals surface area contributed by atoms with E-state index in [4.69, 9.17) is 10.5 Å². The lowest BCUT2D eigenvalue weighted by atomic mass is 10.0. The van der Waals surface area contributed by atoms with Crippen molar-refractivity contribution in [1.29, 1.82) is 0 Å². The average molecular weight is 284 g/mol. The zero-order chi connectivity index (χ0) is 15.1. The summed E-state index contributed by atoms with van der Waals surface area (Å²) in [5, 5.41) is 2.66. The van der Waals surface area contributed by atoms with Crippen LogP contribution in [0.25, 0.3) is 11.1 Å². The van der Waals surface area contributed by atoms with Gasteiger partial charge in [0.25, 0.3) is 0 Å². The van der Waals surface area contributed by atoms with E-state index in [1.165, 1.54) is 0 Å².